The summed E-state index contributed by atoms with van der Waals surface area (Å²) in [5, 5.41) is 12.9. The summed E-state index contributed by atoms with van der Waals surface area (Å²) >= 11 is 0. The Hall–Kier alpha value is -3.25. The summed E-state index contributed by atoms with van der Waals surface area (Å²) in [4.78, 5) is 8.56. The van der Waals surface area contributed by atoms with E-state index in [-0.39, 0.29) is 5.75 Å². The molecule has 0 aliphatic carbocycles. The monoisotopic (exact) mass is 399 g/mol. The first-order valence-corrected chi connectivity index (χ1v) is 10.0. The minimum Gasteiger partial charge on any atom is -0.474 e. The maximum Gasteiger partial charge on any atom is 0.181 e. The lowest BCUT2D eigenvalue weighted by atomic mass is 10.1. The molecule has 2 atom stereocenters. The molecule has 9 heteroatoms. The predicted molar refractivity (Wildman–Crippen MR) is 107 cm³/mol. The Morgan fingerprint density at radius 2 is 2.11 bits per heavy atom. The molecule has 3 rings (SSSR count). The van der Waals surface area contributed by atoms with Gasteiger partial charge in [-0.2, -0.15) is 5.26 Å². The molecule has 0 amide bonds. The summed E-state index contributed by atoms with van der Waals surface area (Å²) in [6.45, 7) is 3.45. The second-order valence-corrected chi connectivity index (χ2v) is 7.23. The van der Waals surface area contributed by atoms with Gasteiger partial charge in [0.15, 0.2) is 6.10 Å². The molecule has 0 fully saturated rings. The van der Waals surface area contributed by atoms with Gasteiger partial charge in [0.25, 0.3) is 0 Å². The van der Waals surface area contributed by atoms with Crippen molar-refractivity contribution in [1.29, 1.82) is 5.26 Å². The number of nitriles is 1. The molecule has 1 unspecified atom stereocenters. The Kier molecular flexibility index (Phi) is 5.70. The number of anilines is 2. The number of aromatic nitrogens is 2. The van der Waals surface area contributed by atoms with Crippen molar-refractivity contribution in [3.8, 4) is 11.8 Å². The van der Waals surface area contributed by atoms with Gasteiger partial charge in [-0.25, -0.2) is 18.7 Å². The molecule has 1 aromatic heterocycles. The molecule has 1 heterocycles. The van der Waals surface area contributed by atoms with Crippen molar-refractivity contribution in [2.45, 2.75) is 20.0 Å². The lowest BCUT2D eigenvalue weighted by Crippen LogP contribution is -2.10. The minimum absolute atomic E-state index is 0.202. The number of fused-ring (bicyclic) bond motifs is 1. The van der Waals surface area contributed by atoms with Crippen LogP contribution in [-0.2, 0) is 10.6 Å². The highest BCUT2D eigenvalue weighted by Crippen LogP contribution is 2.33. The van der Waals surface area contributed by atoms with E-state index in [1.807, 2.05) is 13.0 Å². The SMILES string of the molecule is Cc1cc(/N=[SH](\C)=O)cc2ncnc(Nc3ccc(F)cc3O[C@H](C)C#N)c12. The third kappa shape index (κ3) is 4.35. The summed E-state index contributed by atoms with van der Waals surface area (Å²) in [6, 6.07) is 9.49. The number of nitrogens with zero attached hydrogens (tertiary/aromatic N) is 4. The fourth-order valence-electron chi connectivity index (χ4n) is 2.73. The van der Waals surface area contributed by atoms with Crippen molar-refractivity contribution in [2.75, 3.05) is 11.6 Å². The topological polar surface area (TPSA) is 100 Å². The van der Waals surface area contributed by atoms with Gasteiger partial charge >= 0.3 is 0 Å². The van der Waals surface area contributed by atoms with E-state index >= 15 is 0 Å². The Morgan fingerprint density at radius 3 is 2.82 bits per heavy atom. The van der Waals surface area contributed by atoms with E-state index in [0.717, 1.165) is 10.9 Å². The molecule has 0 saturated heterocycles. The quantitative estimate of drug-likeness (QED) is 0.628. The van der Waals surface area contributed by atoms with Crippen LogP contribution in [0.2, 0.25) is 0 Å². The van der Waals surface area contributed by atoms with Gasteiger partial charge in [0.1, 0.15) is 29.8 Å². The molecule has 0 saturated carbocycles. The maximum absolute atomic E-state index is 13.7. The number of hydrogen-bond donors (Lipinski definition) is 2. The van der Waals surface area contributed by atoms with E-state index in [9.17, 15) is 8.60 Å². The third-order valence-corrected chi connectivity index (χ3v) is 4.37. The first-order chi connectivity index (χ1) is 13.4. The molecule has 1 N–H and O–H groups in total. The number of rotatable bonds is 5. The van der Waals surface area contributed by atoms with Crippen LogP contribution in [0.25, 0.3) is 10.9 Å². The van der Waals surface area contributed by atoms with Crippen LogP contribution in [0.1, 0.15) is 12.5 Å². The number of hydrogen-bond acceptors (Lipinski definition) is 7. The van der Waals surface area contributed by atoms with E-state index in [0.29, 0.717) is 22.7 Å². The highest BCUT2D eigenvalue weighted by Gasteiger charge is 2.13. The number of thiol groups is 1. The molecule has 0 bridgehead atoms. The zero-order valence-electron chi connectivity index (χ0n) is 15.5. The molecule has 7 nitrogen and oxygen atoms in total. The van der Waals surface area contributed by atoms with Gasteiger partial charge in [-0.1, -0.05) is 0 Å². The zero-order valence-corrected chi connectivity index (χ0v) is 16.4. The number of halogens is 1. The van der Waals surface area contributed by atoms with Gasteiger partial charge in [0.05, 0.1) is 16.9 Å². The lowest BCUT2D eigenvalue weighted by Gasteiger charge is -2.15. The summed E-state index contributed by atoms with van der Waals surface area (Å²) in [5.74, 6) is 0.221. The van der Waals surface area contributed by atoms with Gasteiger partial charge in [0, 0.05) is 28.3 Å². The van der Waals surface area contributed by atoms with E-state index in [1.54, 1.807) is 19.1 Å². The van der Waals surface area contributed by atoms with Crippen LogP contribution in [0.15, 0.2) is 41.0 Å². The van der Waals surface area contributed by atoms with E-state index in [1.165, 1.54) is 30.8 Å². The van der Waals surface area contributed by atoms with E-state index in [2.05, 4.69) is 19.6 Å². The summed E-state index contributed by atoms with van der Waals surface area (Å²) in [7, 11) is -1.67. The number of ether oxygens (including phenoxy) is 1. The van der Waals surface area contributed by atoms with Gasteiger partial charge in [-0.3, -0.25) is 4.21 Å². The minimum atomic E-state index is -1.67. The first kappa shape index (κ1) is 19.5. The van der Waals surface area contributed by atoms with Crippen LogP contribution < -0.4 is 10.1 Å². The van der Waals surface area contributed by atoms with Crippen molar-refractivity contribution < 1.29 is 13.3 Å². The Labute approximate surface area is 163 Å². The number of aryl methyl sites for hydroxylation is 1. The summed E-state index contributed by atoms with van der Waals surface area (Å²) in [6.07, 6.45) is 2.17. The molecular weight excluding hydrogens is 381 g/mol. The fourth-order valence-corrected chi connectivity index (χ4v) is 3.17. The Morgan fingerprint density at radius 1 is 1.32 bits per heavy atom. The molecule has 0 aliphatic heterocycles. The molecular formula is C19H18FN5O2S. The number of nitrogens with one attached hydrogen (secondary N) is 1. The fraction of sp³-hybridized carbons (Fsp3) is 0.211. The van der Waals surface area contributed by atoms with Gasteiger partial charge < -0.3 is 10.1 Å². The van der Waals surface area contributed by atoms with Crippen LogP contribution in [-0.4, -0.2) is 26.5 Å². The summed E-state index contributed by atoms with van der Waals surface area (Å²) < 4.78 is 34.7. The smallest absolute Gasteiger partial charge is 0.181 e. The molecule has 28 heavy (non-hydrogen) atoms. The summed E-state index contributed by atoms with van der Waals surface area (Å²) in [5.41, 5.74) is 2.51. The second kappa shape index (κ2) is 8.19. The van der Waals surface area contributed by atoms with E-state index in [4.69, 9.17) is 10.00 Å². The highest BCUT2D eigenvalue weighted by atomic mass is 32.2. The molecule has 0 spiro atoms. The lowest BCUT2D eigenvalue weighted by molar-refractivity contribution is 0.276. The Balaban J connectivity index is 2.08. The molecule has 3 aromatic rings. The van der Waals surface area contributed by atoms with Crippen molar-refractivity contribution >= 4 is 38.7 Å². The number of benzene rings is 2. The van der Waals surface area contributed by atoms with Crippen LogP contribution in [0.3, 0.4) is 0 Å². The van der Waals surface area contributed by atoms with E-state index < -0.39 is 22.5 Å². The van der Waals surface area contributed by atoms with Crippen molar-refractivity contribution in [2.24, 2.45) is 4.36 Å². The van der Waals surface area contributed by atoms with Gasteiger partial charge in [0.2, 0.25) is 0 Å². The van der Waals surface area contributed by atoms with Crippen LogP contribution in [0, 0.1) is 24.1 Å². The average Bonchev–Trinajstić information content (AvgIpc) is 2.63. The van der Waals surface area contributed by atoms with Crippen LogP contribution >= 0.6 is 0 Å². The standard InChI is InChI=1S/C19H18FN5O2S/c1-11-6-14(25-28(3)26)8-16-18(11)19(23-10-22-16)24-15-5-4-13(20)7-17(15)27-12(2)9-21/h4-8,10,12,28H,1-3H3,(H,22,23,24)/t12-/m1/s1. The largest absolute Gasteiger partial charge is 0.474 e. The molecule has 2 aromatic carbocycles. The van der Waals surface area contributed by atoms with Gasteiger partial charge in [-0.15, -0.1) is 0 Å². The molecule has 144 valence electrons. The van der Waals surface area contributed by atoms with Crippen LogP contribution in [0.4, 0.5) is 21.6 Å². The predicted octanol–water partition coefficient (Wildman–Crippen LogP) is 4.04. The molecule has 0 radical (unpaired) electrons. The Bertz CT molecular complexity index is 1170. The highest BCUT2D eigenvalue weighted by molar-refractivity contribution is 7.74. The van der Waals surface area contributed by atoms with Crippen molar-refractivity contribution in [3.05, 3.63) is 48.0 Å². The van der Waals surface area contributed by atoms with Crippen molar-refractivity contribution in [1.82, 2.24) is 9.97 Å². The third-order valence-electron chi connectivity index (χ3n) is 3.86. The van der Waals surface area contributed by atoms with Gasteiger partial charge in [-0.05, 0) is 43.7 Å². The van der Waals surface area contributed by atoms with Crippen LogP contribution in [0.5, 0.6) is 5.75 Å². The zero-order chi connectivity index (χ0) is 20.3. The maximum atomic E-state index is 13.7. The van der Waals surface area contributed by atoms with Crippen molar-refractivity contribution in [3.63, 3.8) is 0 Å². The first-order valence-electron chi connectivity index (χ1n) is 8.38. The second-order valence-electron chi connectivity index (χ2n) is 6.10. The average molecular weight is 399 g/mol. The molecule has 0 aliphatic rings. The normalized spacial score (nSPS) is 13.1.